The average molecular weight is 451 g/mol. The van der Waals surface area contributed by atoms with Crippen molar-refractivity contribution in [2.45, 2.75) is 19.6 Å². The van der Waals surface area contributed by atoms with Gasteiger partial charge < -0.3 is 19.7 Å². The van der Waals surface area contributed by atoms with Crippen LogP contribution in [0.3, 0.4) is 0 Å². The third kappa shape index (κ3) is 5.86. The lowest BCUT2D eigenvalue weighted by molar-refractivity contribution is 0.157. The van der Waals surface area contributed by atoms with Crippen LogP contribution in [-0.4, -0.2) is 51.8 Å². The monoisotopic (exact) mass is 451 g/mol. The van der Waals surface area contributed by atoms with Crippen molar-refractivity contribution in [3.8, 4) is 0 Å². The zero-order chi connectivity index (χ0) is 16.7. The van der Waals surface area contributed by atoms with Crippen LogP contribution in [0.5, 0.6) is 0 Å². The fourth-order valence-electron chi connectivity index (χ4n) is 2.91. The van der Waals surface area contributed by atoms with Gasteiger partial charge in [-0.15, -0.1) is 24.0 Å². The first-order valence-electron chi connectivity index (χ1n) is 7.88. The fraction of sp³-hybridized carbons (Fsp3) is 0.588. The number of nitrogens with one attached hydrogen (secondary N) is 1. The van der Waals surface area contributed by atoms with Crippen molar-refractivity contribution < 1.29 is 13.9 Å². The smallest absolute Gasteiger partial charge is 0.193 e. The van der Waals surface area contributed by atoms with Gasteiger partial charge in [0.25, 0.3) is 0 Å². The standard InChI is InChI=1S/C17H26FN3O2.HI/c1-19-17(21-7-6-14(10-21)11-22-2)20-9-13-4-5-16(18)15(8-13)12-23-3;/h4-5,8,14H,6-7,9-12H2,1-3H3,(H,19,20);1H. The first-order valence-corrected chi connectivity index (χ1v) is 7.88. The Morgan fingerprint density at radius 2 is 2.17 bits per heavy atom. The summed E-state index contributed by atoms with van der Waals surface area (Å²) in [4.78, 5) is 6.59. The maximum atomic E-state index is 13.6. The van der Waals surface area contributed by atoms with E-state index in [-0.39, 0.29) is 36.4 Å². The van der Waals surface area contributed by atoms with E-state index in [0.29, 0.717) is 18.0 Å². The number of rotatable bonds is 6. The zero-order valence-electron chi connectivity index (χ0n) is 14.5. The molecule has 0 aliphatic carbocycles. The van der Waals surface area contributed by atoms with Gasteiger partial charge in [0, 0.05) is 52.4 Å². The Kier molecular flexibility index (Phi) is 9.53. The van der Waals surface area contributed by atoms with Crippen LogP contribution in [0.4, 0.5) is 4.39 Å². The van der Waals surface area contributed by atoms with Crippen LogP contribution < -0.4 is 5.32 Å². The van der Waals surface area contributed by atoms with E-state index in [1.54, 1.807) is 27.3 Å². The second kappa shape index (κ2) is 10.8. The molecule has 2 rings (SSSR count). The lowest BCUT2D eigenvalue weighted by Gasteiger charge is -2.22. The number of hydrogen-bond acceptors (Lipinski definition) is 3. The number of nitrogens with zero attached hydrogens (tertiary/aromatic N) is 2. The fourth-order valence-corrected chi connectivity index (χ4v) is 2.91. The summed E-state index contributed by atoms with van der Waals surface area (Å²) in [6, 6.07) is 5.10. The van der Waals surface area contributed by atoms with Gasteiger partial charge in [0.2, 0.25) is 0 Å². The Morgan fingerprint density at radius 3 is 2.83 bits per heavy atom. The van der Waals surface area contributed by atoms with Crippen molar-refractivity contribution in [2.24, 2.45) is 10.9 Å². The summed E-state index contributed by atoms with van der Waals surface area (Å²) in [6.45, 7) is 3.60. The van der Waals surface area contributed by atoms with E-state index in [0.717, 1.165) is 37.6 Å². The van der Waals surface area contributed by atoms with Crippen molar-refractivity contribution in [3.05, 3.63) is 35.1 Å². The number of halogens is 2. The van der Waals surface area contributed by atoms with E-state index in [1.165, 1.54) is 6.07 Å². The lowest BCUT2D eigenvalue weighted by Crippen LogP contribution is -2.39. The maximum absolute atomic E-state index is 13.6. The van der Waals surface area contributed by atoms with Crippen LogP contribution >= 0.6 is 24.0 Å². The molecule has 1 unspecified atom stereocenters. The highest BCUT2D eigenvalue weighted by Gasteiger charge is 2.24. The molecule has 0 radical (unpaired) electrons. The molecule has 1 aromatic carbocycles. The first-order chi connectivity index (χ1) is 11.2. The highest BCUT2D eigenvalue weighted by atomic mass is 127. The highest BCUT2D eigenvalue weighted by molar-refractivity contribution is 14.0. The van der Waals surface area contributed by atoms with Crippen molar-refractivity contribution >= 4 is 29.9 Å². The summed E-state index contributed by atoms with van der Waals surface area (Å²) in [7, 11) is 5.09. The van der Waals surface area contributed by atoms with Crippen LogP contribution in [-0.2, 0) is 22.6 Å². The molecule has 7 heteroatoms. The molecule has 1 N–H and O–H groups in total. The molecular formula is C17H27FIN3O2. The molecule has 1 aliphatic rings. The minimum Gasteiger partial charge on any atom is -0.384 e. The maximum Gasteiger partial charge on any atom is 0.193 e. The van der Waals surface area contributed by atoms with Gasteiger partial charge in [0.05, 0.1) is 13.2 Å². The van der Waals surface area contributed by atoms with Crippen molar-refractivity contribution in [3.63, 3.8) is 0 Å². The van der Waals surface area contributed by atoms with Crippen LogP contribution in [0.15, 0.2) is 23.2 Å². The van der Waals surface area contributed by atoms with Gasteiger partial charge in [0.15, 0.2) is 5.96 Å². The largest absolute Gasteiger partial charge is 0.384 e. The molecule has 0 aromatic heterocycles. The van der Waals surface area contributed by atoms with Crippen molar-refractivity contribution in [2.75, 3.05) is 41.0 Å². The highest BCUT2D eigenvalue weighted by Crippen LogP contribution is 2.17. The Labute approximate surface area is 160 Å². The van der Waals surface area contributed by atoms with Crippen LogP contribution in [0.2, 0.25) is 0 Å². The molecule has 0 amide bonds. The summed E-state index contributed by atoms with van der Waals surface area (Å²) in [5, 5.41) is 3.35. The number of hydrogen-bond donors (Lipinski definition) is 1. The Hall–Kier alpha value is -0.930. The third-order valence-electron chi connectivity index (χ3n) is 4.06. The normalized spacial score (nSPS) is 17.8. The molecule has 1 aliphatic heterocycles. The summed E-state index contributed by atoms with van der Waals surface area (Å²) in [5.74, 6) is 1.20. The summed E-state index contributed by atoms with van der Waals surface area (Å²) < 4.78 is 23.9. The van der Waals surface area contributed by atoms with E-state index >= 15 is 0 Å². The minimum absolute atomic E-state index is 0. The van der Waals surface area contributed by atoms with Gasteiger partial charge in [0.1, 0.15) is 5.82 Å². The number of benzene rings is 1. The van der Waals surface area contributed by atoms with E-state index < -0.39 is 0 Å². The van der Waals surface area contributed by atoms with E-state index in [1.807, 2.05) is 6.07 Å². The predicted octanol–water partition coefficient (Wildman–Crippen LogP) is 2.63. The number of ether oxygens (including phenoxy) is 2. The molecule has 1 heterocycles. The number of aliphatic imine (C=N–C) groups is 1. The molecule has 1 fully saturated rings. The van der Waals surface area contributed by atoms with Gasteiger partial charge in [-0.1, -0.05) is 6.07 Å². The second-order valence-corrected chi connectivity index (χ2v) is 5.82. The SMILES string of the molecule is CN=C(NCc1ccc(F)c(COC)c1)N1CCC(COC)C1.I. The molecule has 5 nitrogen and oxygen atoms in total. The molecule has 1 atom stereocenters. The van der Waals surface area contributed by atoms with Crippen LogP contribution in [0, 0.1) is 11.7 Å². The van der Waals surface area contributed by atoms with Gasteiger partial charge in [-0.3, -0.25) is 4.99 Å². The van der Waals surface area contributed by atoms with Gasteiger partial charge in [-0.2, -0.15) is 0 Å². The van der Waals surface area contributed by atoms with Crippen molar-refractivity contribution in [1.29, 1.82) is 0 Å². The van der Waals surface area contributed by atoms with E-state index in [4.69, 9.17) is 9.47 Å². The quantitative estimate of drug-likeness (QED) is 0.411. The third-order valence-corrected chi connectivity index (χ3v) is 4.06. The Morgan fingerprint density at radius 1 is 1.38 bits per heavy atom. The van der Waals surface area contributed by atoms with Gasteiger partial charge >= 0.3 is 0 Å². The van der Waals surface area contributed by atoms with E-state index in [2.05, 4.69) is 15.2 Å². The Balaban J connectivity index is 0.00000288. The summed E-state index contributed by atoms with van der Waals surface area (Å²) >= 11 is 0. The van der Waals surface area contributed by atoms with Crippen LogP contribution in [0.1, 0.15) is 17.5 Å². The lowest BCUT2D eigenvalue weighted by atomic mass is 10.1. The molecule has 1 aromatic rings. The van der Waals surface area contributed by atoms with Gasteiger partial charge in [-0.25, -0.2) is 4.39 Å². The molecule has 1 saturated heterocycles. The molecular weight excluding hydrogens is 424 g/mol. The van der Waals surface area contributed by atoms with Crippen LogP contribution in [0.25, 0.3) is 0 Å². The summed E-state index contributed by atoms with van der Waals surface area (Å²) in [5.41, 5.74) is 1.58. The number of methoxy groups -OCH3 is 2. The molecule has 0 saturated carbocycles. The zero-order valence-corrected chi connectivity index (χ0v) is 16.9. The van der Waals surface area contributed by atoms with Gasteiger partial charge in [-0.05, 0) is 24.1 Å². The molecule has 0 bridgehead atoms. The minimum atomic E-state index is -0.234. The first kappa shape index (κ1) is 21.1. The average Bonchev–Trinajstić information content (AvgIpc) is 3.00. The van der Waals surface area contributed by atoms with Crippen molar-refractivity contribution in [1.82, 2.24) is 10.2 Å². The second-order valence-electron chi connectivity index (χ2n) is 5.82. The molecule has 0 spiro atoms. The Bertz CT molecular complexity index is 543. The predicted molar refractivity (Wildman–Crippen MR) is 104 cm³/mol. The number of likely N-dealkylation sites (tertiary alicyclic amines) is 1. The summed E-state index contributed by atoms with van der Waals surface area (Å²) in [6.07, 6.45) is 1.11. The van der Waals surface area contributed by atoms with E-state index in [9.17, 15) is 4.39 Å². The molecule has 24 heavy (non-hydrogen) atoms. The topological polar surface area (TPSA) is 46.1 Å². The number of guanidine groups is 1. The molecule has 136 valence electrons.